The van der Waals surface area contributed by atoms with Crippen molar-refractivity contribution in [1.82, 2.24) is 5.32 Å². The Hall–Kier alpha value is -1.10. The third kappa shape index (κ3) is 4.49. The Balaban J connectivity index is 2.67. The number of aliphatic carboxylic acids is 1. The average Bonchev–Trinajstić information content (AvgIpc) is 2.62. The number of hydrogen-bond donors (Lipinski definition) is 3. The predicted molar refractivity (Wildman–Crippen MR) is 71.7 cm³/mol. The molecule has 0 radical (unpaired) electrons. The van der Waals surface area contributed by atoms with Crippen LogP contribution in [0.15, 0.2) is 0 Å². The molecule has 1 aliphatic carbocycles. The van der Waals surface area contributed by atoms with Crippen LogP contribution in [0.1, 0.15) is 58.3 Å². The number of carbonyl (C=O) groups excluding carboxylic acids is 1. The van der Waals surface area contributed by atoms with Crippen LogP contribution in [-0.4, -0.2) is 34.7 Å². The Kier molecular flexibility index (Phi) is 6.28. The molecule has 0 unspecified atom stereocenters. The van der Waals surface area contributed by atoms with Crippen molar-refractivity contribution in [3.05, 3.63) is 0 Å². The minimum atomic E-state index is -0.908. The van der Waals surface area contributed by atoms with Gasteiger partial charge < -0.3 is 15.5 Å². The summed E-state index contributed by atoms with van der Waals surface area (Å²) in [6, 6.07) is -0.274. The van der Waals surface area contributed by atoms with E-state index >= 15 is 0 Å². The van der Waals surface area contributed by atoms with E-state index in [2.05, 4.69) is 5.32 Å². The first-order valence-corrected chi connectivity index (χ1v) is 7.17. The highest BCUT2D eigenvalue weighted by Crippen LogP contribution is 2.38. The van der Waals surface area contributed by atoms with Crippen molar-refractivity contribution in [2.45, 2.75) is 64.3 Å². The highest BCUT2D eigenvalue weighted by Gasteiger charge is 2.40. The zero-order chi connectivity index (χ0) is 14.3. The SMILES string of the molecule is CC[C@H](CO)NC(=O)CC1(C(=O)O)CCCCCC1. The number of aliphatic hydroxyl groups is 1. The molecule has 0 aromatic rings. The van der Waals surface area contributed by atoms with Crippen molar-refractivity contribution >= 4 is 11.9 Å². The van der Waals surface area contributed by atoms with Crippen LogP contribution in [0.3, 0.4) is 0 Å². The predicted octanol–water partition coefficient (Wildman–Crippen LogP) is 1.69. The lowest BCUT2D eigenvalue weighted by Crippen LogP contribution is -2.42. The van der Waals surface area contributed by atoms with Gasteiger partial charge >= 0.3 is 5.97 Å². The summed E-state index contributed by atoms with van der Waals surface area (Å²) < 4.78 is 0. The molecule has 0 aromatic carbocycles. The van der Waals surface area contributed by atoms with Gasteiger partial charge in [0.15, 0.2) is 0 Å². The van der Waals surface area contributed by atoms with Gasteiger partial charge in [0.25, 0.3) is 0 Å². The highest BCUT2D eigenvalue weighted by molar-refractivity contribution is 5.85. The van der Waals surface area contributed by atoms with Gasteiger partial charge in [0, 0.05) is 6.42 Å². The summed E-state index contributed by atoms with van der Waals surface area (Å²) in [7, 11) is 0. The van der Waals surface area contributed by atoms with Gasteiger partial charge in [0.1, 0.15) is 0 Å². The molecule has 1 fully saturated rings. The largest absolute Gasteiger partial charge is 0.481 e. The summed E-state index contributed by atoms with van der Waals surface area (Å²) in [5.41, 5.74) is -0.908. The number of nitrogens with one attached hydrogen (secondary N) is 1. The van der Waals surface area contributed by atoms with Crippen molar-refractivity contribution in [3.63, 3.8) is 0 Å². The first-order valence-electron chi connectivity index (χ1n) is 7.17. The minimum Gasteiger partial charge on any atom is -0.481 e. The summed E-state index contributed by atoms with van der Waals surface area (Å²) in [6.45, 7) is 1.77. The lowest BCUT2D eigenvalue weighted by atomic mass is 9.77. The standard InChI is InChI=1S/C14H25NO4/c1-2-11(10-16)15-12(17)9-14(13(18)19)7-5-3-4-6-8-14/h11,16H,2-10H2,1H3,(H,15,17)(H,18,19)/t11-/m1/s1. The number of amides is 1. The number of carboxylic acids is 1. The monoisotopic (exact) mass is 271 g/mol. The second-order valence-electron chi connectivity index (χ2n) is 5.53. The topological polar surface area (TPSA) is 86.6 Å². The van der Waals surface area contributed by atoms with E-state index in [0.717, 1.165) is 25.7 Å². The fraction of sp³-hybridized carbons (Fsp3) is 0.857. The quantitative estimate of drug-likeness (QED) is 0.642. The molecule has 0 aliphatic heterocycles. The molecule has 1 rings (SSSR count). The van der Waals surface area contributed by atoms with Crippen LogP contribution in [0.4, 0.5) is 0 Å². The van der Waals surface area contributed by atoms with Crippen LogP contribution in [0.5, 0.6) is 0 Å². The van der Waals surface area contributed by atoms with Crippen LogP contribution in [0.2, 0.25) is 0 Å². The summed E-state index contributed by atoms with van der Waals surface area (Å²) in [6.07, 6.45) is 5.65. The maximum atomic E-state index is 12.0. The first-order chi connectivity index (χ1) is 9.04. The number of carboxylic acid groups (broad SMARTS) is 1. The third-order valence-electron chi connectivity index (χ3n) is 4.09. The Morgan fingerprint density at radius 3 is 2.21 bits per heavy atom. The van der Waals surface area contributed by atoms with Gasteiger partial charge in [-0.05, 0) is 19.3 Å². The second-order valence-corrected chi connectivity index (χ2v) is 5.53. The van der Waals surface area contributed by atoms with Gasteiger partial charge in [-0.25, -0.2) is 0 Å². The number of carbonyl (C=O) groups is 2. The van der Waals surface area contributed by atoms with E-state index < -0.39 is 11.4 Å². The lowest BCUT2D eigenvalue weighted by Gasteiger charge is -2.28. The maximum absolute atomic E-state index is 12.0. The Morgan fingerprint density at radius 2 is 1.79 bits per heavy atom. The van der Waals surface area contributed by atoms with Crippen molar-refractivity contribution in [2.75, 3.05) is 6.61 Å². The van der Waals surface area contributed by atoms with E-state index in [-0.39, 0.29) is 25.0 Å². The van der Waals surface area contributed by atoms with Crippen molar-refractivity contribution < 1.29 is 19.8 Å². The fourth-order valence-corrected chi connectivity index (χ4v) is 2.73. The zero-order valence-electron chi connectivity index (χ0n) is 11.7. The highest BCUT2D eigenvalue weighted by atomic mass is 16.4. The van der Waals surface area contributed by atoms with Crippen LogP contribution < -0.4 is 5.32 Å². The molecule has 0 bridgehead atoms. The normalized spacial score (nSPS) is 20.3. The summed E-state index contributed by atoms with van der Waals surface area (Å²) in [5, 5.41) is 21.3. The zero-order valence-corrected chi connectivity index (χ0v) is 11.7. The first kappa shape index (κ1) is 16.0. The second kappa shape index (κ2) is 7.48. The van der Waals surface area contributed by atoms with Crippen LogP contribution in [-0.2, 0) is 9.59 Å². The maximum Gasteiger partial charge on any atom is 0.310 e. The molecule has 1 amide bonds. The molecule has 110 valence electrons. The molecule has 19 heavy (non-hydrogen) atoms. The summed E-state index contributed by atoms with van der Waals surface area (Å²) in [5.74, 6) is -1.12. The van der Waals surface area contributed by atoms with Crippen LogP contribution in [0.25, 0.3) is 0 Å². The summed E-state index contributed by atoms with van der Waals surface area (Å²) in [4.78, 5) is 23.5. The van der Waals surface area contributed by atoms with Gasteiger partial charge in [-0.3, -0.25) is 9.59 Å². The van der Waals surface area contributed by atoms with Gasteiger partial charge in [0.2, 0.25) is 5.91 Å². The molecule has 3 N–H and O–H groups in total. The molecule has 0 heterocycles. The number of aliphatic hydroxyl groups excluding tert-OH is 1. The molecular formula is C14H25NO4. The van der Waals surface area contributed by atoms with Crippen molar-refractivity contribution in [2.24, 2.45) is 5.41 Å². The van der Waals surface area contributed by atoms with Crippen molar-refractivity contribution in [3.8, 4) is 0 Å². The molecule has 5 heteroatoms. The number of hydrogen-bond acceptors (Lipinski definition) is 3. The third-order valence-corrected chi connectivity index (χ3v) is 4.09. The molecule has 1 atom stereocenters. The van der Waals surface area contributed by atoms with Crippen LogP contribution in [0, 0.1) is 5.41 Å². The van der Waals surface area contributed by atoms with E-state index in [0.29, 0.717) is 19.3 Å². The van der Waals surface area contributed by atoms with E-state index in [1.54, 1.807) is 0 Å². The van der Waals surface area contributed by atoms with Gasteiger partial charge in [0.05, 0.1) is 18.1 Å². The Bertz CT molecular complexity index is 305. The van der Waals surface area contributed by atoms with E-state index in [9.17, 15) is 14.7 Å². The Labute approximate surface area is 114 Å². The average molecular weight is 271 g/mol. The molecule has 1 aliphatic rings. The molecular weight excluding hydrogens is 246 g/mol. The number of rotatable bonds is 6. The van der Waals surface area contributed by atoms with Crippen molar-refractivity contribution in [1.29, 1.82) is 0 Å². The van der Waals surface area contributed by atoms with Gasteiger partial charge in [-0.15, -0.1) is 0 Å². The van der Waals surface area contributed by atoms with Gasteiger partial charge in [-0.1, -0.05) is 32.6 Å². The smallest absolute Gasteiger partial charge is 0.310 e. The molecule has 0 spiro atoms. The lowest BCUT2D eigenvalue weighted by molar-refractivity contribution is -0.153. The molecule has 0 saturated heterocycles. The van der Waals surface area contributed by atoms with Crippen LogP contribution >= 0.6 is 0 Å². The van der Waals surface area contributed by atoms with E-state index in [1.807, 2.05) is 6.92 Å². The fourth-order valence-electron chi connectivity index (χ4n) is 2.73. The minimum absolute atomic E-state index is 0.0266. The molecule has 5 nitrogen and oxygen atoms in total. The van der Waals surface area contributed by atoms with E-state index in [4.69, 9.17) is 5.11 Å². The van der Waals surface area contributed by atoms with Gasteiger partial charge in [-0.2, -0.15) is 0 Å². The Morgan fingerprint density at radius 1 is 1.21 bits per heavy atom. The van der Waals surface area contributed by atoms with E-state index in [1.165, 1.54) is 0 Å². The molecule has 0 aromatic heterocycles. The molecule has 1 saturated carbocycles. The summed E-state index contributed by atoms with van der Waals surface area (Å²) >= 11 is 0.